The number of halogens is 3. The van der Waals surface area contributed by atoms with Crippen LogP contribution in [-0.2, 0) is 6.18 Å². The van der Waals surface area contributed by atoms with Crippen LogP contribution in [0, 0.1) is 6.92 Å². The van der Waals surface area contributed by atoms with Gasteiger partial charge in [-0.25, -0.2) is 9.78 Å². The first-order valence-corrected chi connectivity index (χ1v) is 7.76. The summed E-state index contributed by atoms with van der Waals surface area (Å²) in [4.78, 5) is 19.6. The fourth-order valence-electron chi connectivity index (χ4n) is 2.35. The first-order chi connectivity index (χ1) is 12.7. The van der Waals surface area contributed by atoms with Crippen molar-refractivity contribution in [1.29, 1.82) is 0 Å². The molecule has 3 aromatic rings. The lowest BCUT2D eigenvalue weighted by Crippen LogP contribution is -2.04. The molecule has 0 spiro atoms. The molecule has 8 heteroatoms. The van der Waals surface area contributed by atoms with Gasteiger partial charge in [0.25, 0.3) is 0 Å². The maximum atomic E-state index is 12.7. The number of carbonyl (C=O) groups is 1. The number of hydrogen-bond donors (Lipinski definition) is 1. The number of nitrogens with zero attached hydrogens (tertiary/aromatic N) is 2. The van der Waals surface area contributed by atoms with E-state index in [1.807, 2.05) is 0 Å². The van der Waals surface area contributed by atoms with E-state index in [0.717, 1.165) is 18.3 Å². The van der Waals surface area contributed by atoms with Crippen molar-refractivity contribution < 1.29 is 27.8 Å². The molecule has 0 aliphatic carbocycles. The van der Waals surface area contributed by atoms with Crippen LogP contribution in [0.3, 0.4) is 0 Å². The predicted octanol–water partition coefficient (Wildman–Crippen LogP) is 4.96. The van der Waals surface area contributed by atoms with Crippen molar-refractivity contribution in [2.24, 2.45) is 0 Å². The lowest BCUT2D eigenvalue weighted by molar-refractivity contribution is -0.137. The minimum Gasteiger partial charge on any atom is -0.478 e. The van der Waals surface area contributed by atoms with Gasteiger partial charge in [-0.3, -0.25) is 4.98 Å². The number of hydrogen-bond acceptors (Lipinski definition) is 4. The van der Waals surface area contributed by atoms with Gasteiger partial charge in [0.05, 0.1) is 22.4 Å². The number of alkyl halides is 3. The maximum Gasteiger partial charge on any atom is 0.416 e. The van der Waals surface area contributed by atoms with Crippen LogP contribution in [0.15, 0.2) is 54.7 Å². The molecule has 0 radical (unpaired) electrons. The molecule has 5 nitrogen and oxygen atoms in total. The van der Waals surface area contributed by atoms with Gasteiger partial charge in [0.15, 0.2) is 0 Å². The van der Waals surface area contributed by atoms with E-state index < -0.39 is 17.7 Å². The smallest absolute Gasteiger partial charge is 0.416 e. The molecule has 0 saturated carbocycles. The summed E-state index contributed by atoms with van der Waals surface area (Å²) in [6, 6.07) is 10.7. The molecule has 0 saturated heterocycles. The lowest BCUT2D eigenvalue weighted by atomic mass is 10.1. The molecule has 0 unspecified atom stereocenters. The third-order valence-electron chi connectivity index (χ3n) is 3.66. The molecule has 1 aromatic carbocycles. The number of pyridine rings is 2. The summed E-state index contributed by atoms with van der Waals surface area (Å²) in [6.45, 7) is 1.77. The molecule has 27 heavy (non-hydrogen) atoms. The van der Waals surface area contributed by atoms with Crippen molar-refractivity contribution in [3.8, 4) is 22.9 Å². The summed E-state index contributed by atoms with van der Waals surface area (Å²) in [6.07, 6.45) is -3.34. The van der Waals surface area contributed by atoms with E-state index in [4.69, 9.17) is 4.74 Å². The van der Waals surface area contributed by atoms with E-state index >= 15 is 0 Å². The van der Waals surface area contributed by atoms with Gasteiger partial charge in [-0.2, -0.15) is 13.2 Å². The molecule has 3 rings (SSSR count). The van der Waals surface area contributed by atoms with Crippen LogP contribution in [0.1, 0.15) is 21.6 Å². The van der Waals surface area contributed by atoms with Crippen LogP contribution in [0.4, 0.5) is 13.2 Å². The second kappa shape index (κ2) is 7.06. The average Bonchev–Trinajstić information content (AvgIpc) is 2.61. The van der Waals surface area contributed by atoms with Crippen molar-refractivity contribution in [2.75, 3.05) is 0 Å². The maximum absolute atomic E-state index is 12.7. The Labute approximate surface area is 152 Å². The number of rotatable bonds is 4. The second-order valence-corrected chi connectivity index (χ2v) is 5.67. The van der Waals surface area contributed by atoms with E-state index in [1.165, 1.54) is 18.2 Å². The summed E-state index contributed by atoms with van der Waals surface area (Å²) >= 11 is 0. The van der Waals surface area contributed by atoms with Gasteiger partial charge in [0.1, 0.15) is 5.75 Å². The number of carboxylic acids is 1. The van der Waals surface area contributed by atoms with Crippen molar-refractivity contribution in [3.05, 3.63) is 71.5 Å². The van der Waals surface area contributed by atoms with Crippen LogP contribution in [-0.4, -0.2) is 21.0 Å². The molecular weight excluding hydrogens is 361 g/mol. The molecule has 0 fully saturated rings. The van der Waals surface area contributed by atoms with E-state index in [0.29, 0.717) is 17.0 Å². The molecule has 0 bridgehead atoms. The van der Waals surface area contributed by atoms with E-state index in [-0.39, 0.29) is 17.2 Å². The quantitative estimate of drug-likeness (QED) is 0.699. The SMILES string of the molecule is Cc1cccc(-c2cc(C(=O)O)cnc2Oc2ccc(C(F)(F)F)cc2)n1. The second-order valence-electron chi connectivity index (χ2n) is 5.67. The number of aromatic nitrogens is 2. The lowest BCUT2D eigenvalue weighted by Gasteiger charge is -2.12. The first-order valence-electron chi connectivity index (χ1n) is 7.76. The highest BCUT2D eigenvalue weighted by Gasteiger charge is 2.30. The van der Waals surface area contributed by atoms with E-state index in [9.17, 15) is 23.1 Å². The molecule has 2 aromatic heterocycles. The number of aromatic carboxylic acids is 1. The zero-order valence-electron chi connectivity index (χ0n) is 14.0. The Bertz CT molecular complexity index is 986. The average molecular weight is 374 g/mol. The highest BCUT2D eigenvalue weighted by Crippen LogP contribution is 2.34. The predicted molar refractivity (Wildman–Crippen MR) is 90.7 cm³/mol. The highest BCUT2D eigenvalue weighted by molar-refractivity contribution is 5.89. The first kappa shape index (κ1) is 18.4. The third-order valence-corrected chi connectivity index (χ3v) is 3.66. The standard InChI is InChI=1S/C19H13F3N2O3/c1-11-3-2-4-16(24-11)15-9-12(18(25)26)10-23-17(15)27-14-7-5-13(6-8-14)19(20,21)22/h2-10H,1H3,(H,25,26). The molecule has 138 valence electrons. The van der Waals surface area contributed by atoms with Crippen molar-refractivity contribution >= 4 is 5.97 Å². The Balaban J connectivity index is 2.01. The Hall–Kier alpha value is -3.42. The monoisotopic (exact) mass is 374 g/mol. The van der Waals surface area contributed by atoms with Gasteiger partial charge < -0.3 is 9.84 Å². The summed E-state index contributed by atoms with van der Waals surface area (Å²) in [5.74, 6) is -0.997. The number of aryl methyl sites for hydroxylation is 1. The summed E-state index contributed by atoms with van der Waals surface area (Å²) in [5.41, 5.74) is 0.595. The van der Waals surface area contributed by atoms with E-state index in [2.05, 4.69) is 9.97 Å². The Morgan fingerprint density at radius 3 is 2.41 bits per heavy atom. The largest absolute Gasteiger partial charge is 0.478 e. The fraction of sp³-hybridized carbons (Fsp3) is 0.105. The van der Waals surface area contributed by atoms with Gasteiger partial charge in [0, 0.05) is 11.9 Å². The summed E-state index contributed by atoms with van der Waals surface area (Å²) in [7, 11) is 0. The third kappa shape index (κ3) is 4.22. The van der Waals surface area contributed by atoms with Crippen molar-refractivity contribution in [2.45, 2.75) is 13.1 Å². The highest BCUT2D eigenvalue weighted by atomic mass is 19.4. The normalized spacial score (nSPS) is 11.3. The number of benzene rings is 1. The zero-order valence-corrected chi connectivity index (χ0v) is 14.0. The molecule has 1 N–H and O–H groups in total. The topological polar surface area (TPSA) is 72.3 Å². The molecular formula is C19H13F3N2O3. The van der Waals surface area contributed by atoms with Crippen LogP contribution in [0.2, 0.25) is 0 Å². The minimum atomic E-state index is -4.45. The van der Waals surface area contributed by atoms with E-state index in [1.54, 1.807) is 25.1 Å². The summed E-state index contributed by atoms with van der Waals surface area (Å²) < 4.78 is 43.6. The molecule has 0 aliphatic rings. The number of carboxylic acid groups (broad SMARTS) is 1. The molecule has 2 heterocycles. The molecule has 0 aliphatic heterocycles. The van der Waals surface area contributed by atoms with Crippen LogP contribution >= 0.6 is 0 Å². The molecule has 0 amide bonds. The zero-order chi connectivity index (χ0) is 19.6. The van der Waals surface area contributed by atoms with Gasteiger partial charge in [-0.05, 0) is 49.4 Å². The van der Waals surface area contributed by atoms with Crippen molar-refractivity contribution in [1.82, 2.24) is 9.97 Å². The van der Waals surface area contributed by atoms with Crippen LogP contribution in [0.5, 0.6) is 11.6 Å². The Morgan fingerprint density at radius 1 is 1.11 bits per heavy atom. The van der Waals surface area contributed by atoms with Crippen LogP contribution in [0.25, 0.3) is 11.3 Å². The fourth-order valence-corrected chi connectivity index (χ4v) is 2.35. The van der Waals surface area contributed by atoms with Crippen LogP contribution < -0.4 is 4.74 Å². The van der Waals surface area contributed by atoms with Gasteiger partial charge in [-0.1, -0.05) is 6.07 Å². The van der Waals surface area contributed by atoms with Gasteiger partial charge in [-0.15, -0.1) is 0 Å². The minimum absolute atomic E-state index is 0.0397. The van der Waals surface area contributed by atoms with Gasteiger partial charge in [0.2, 0.25) is 5.88 Å². The number of ether oxygens (including phenoxy) is 1. The Kier molecular flexibility index (Phi) is 4.81. The summed E-state index contributed by atoms with van der Waals surface area (Å²) in [5, 5.41) is 9.19. The Morgan fingerprint density at radius 2 is 1.81 bits per heavy atom. The van der Waals surface area contributed by atoms with Gasteiger partial charge >= 0.3 is 12.1 Å². The van der Waals surface area contributed by atoms with Crippen molar-refractivity contribution in [3.63, 3.8) is 0 Å². The molecule has 0 atom stereocenters.